The number of methoxy groups -OCH3 is 1. The highest BCUT2D eigenvalue weighted by Crippen LogP contribution is 2.41. The van der Waals surface area contributed by atoms with Crippen LogP contribution in [0.15, 0.2) is 0 Å². The lowest BCUT2D eigenvalue weighted by atomic mass is 9.95. The fraction of sp³-hybridized carbons (Fsp3) is 0.923. The van der Waals surface area contributed by atoms with Gasteiger partial charge in [-0.3, -0.25) is 4.79 Å². The smallest absolute Gasteiger partial charge is 0.325 e. The van der Waals surface area contributed by atoms with Gasteiger partial charge in [-0.05, 0) is 43.9 Å². The molecule has 0 aromatic rings. The SMILES string of the molecule is CCCNC(CSCCCOC)(C(=O)O)C1CC1. The van der Waals surface area contributed by atoms with E-state index in [1.54, 1.807) is 18.9 Å². The molecule has 0 amide bonds. The molecular formula is C13H25NO3S. The van der Waals surface area contributed by atoms with Crippen LogP contribution < -0.4 is 5.32 Å². The van der Waals surface area contributed by atoms with Crippen molar-refractivity contribution in [2.45, 2.75) is 38.1 Å². The second kappa shape index (κ2) is 8.02. The minimum Gasteiger partial charge on any atom is -0.480 e. The van der Waals surface area contributed by atoms with E-state index in [1.807, 2.05) is 0 Å². The Kier molecular flexibility index (Phi) is 7.04. The molecule has 0 saturated heterocycles. The summed E-state index contributed by atoms with van der Waals surface area (Å²) in [5.74, 6) is 1.26. The fourth-order valence-electron chi connectivity index (χ4n) is 2.09. The van der Waals surface area contributed by atoms with Gasteiger partial charge < -0.3 is 15.2 Å². The normalized spacial score (nSPS) is 18.6. The zero-order chi connectivity index (χ0) is 13.4. The summed E-state index contributed by atoms with van der Waals surface area (Å²) < 4.78 is 5.00. The van der Waals surface area contributed by atoms with Gasteiger partial charge >= 0.3 is 5.97 Å². The summed E-state index contributed by atoms with van der Waals surface area (Å²) in [4.78, 5) is 11.6. The molecule has 1 aliphatic carbocycles. The number of nitrogens with one attached hydrogen (secondary N) is 1. The molecule has 2 N–H and O–H groups in total. The third kappa shape index (κ3) is 4.44. The Morgan fingerprint density at radius 1 is 1.56 bits per heavy atom. The monoisotopic (exact) mass is 275 g/mol. The van der Waals surface area contributed by atoms with Gasteiger partial charge in [-0.2, -0.15) is 11.8 Å². The molecule has 0 spiro atoms. The van der Waals surface area contributed by atoms with Crippen molar-refractivity contribution in [2.75, 3.05) is 31.8 Å². The Labute approximate surface area is 114 Å². The van der Waals surface area contributed by atoms with Crippen LogP contribution in [0, 0.1) is 5.92 Å². The molecule has 1 aliphatic rings. The summed E-state index contributed by atoms with van der Waals surface area (Å²) in [5, 5.41) is 12.8. The second-order valence-electron chi connectivity index (χ2n) is 4.88. The van der Waals surface area contributed by atoms with Gasteiger partial charge in [0.05, 0.1) is 0 Å². The Balaban J connectivity index is 2.45. The highest BCUT2D eigenvalue weighted by Gasteiger charge is 2.50. The van der Waals surface area contributed by atoms with E-state index in [-0.39, 0.29) is 0 Å². The molecule has 1 saturated carbocycles. The van der Waals surface area contributed by atoms with Gasteiger partial charge in [-0.1, -0.05) is 6.92 Å². The molecule has 0 aliphatic heterocycles. The second-order valence-corrected chi connectivity index (χ2v) is 5.98. The maximum Gasteiger partial charge on any atom is 0.325 e. The zero-order valence-corrected chi connectivity index (χ0v) is 12.2. The predicted molar refractivity (Wildman–Crippen MR) is 75.2 cm³/mol. The van der Waals surface area contributed by atoms with Crippen molar-refractivity contribution >= 4 is 17.7 Å². The first kappa shape index (κ1) is 15.8. The van der Waals surface area contributed by atoms with Crippen LogP contribution in [0.2, 0.25) is 0 Å². The molecule has 1 rings (SSSR count). The standard InChI is InChI=1S/C13H25NO3S/c1-3-7-14-13(12(15)16,11-5-6-11)10-18-9-4-8-17-2/h11,14H,3-10H2,1-2H3,(H,15,16). The van der Waals surface area contributed by atoms with Crippen molar-refractivity contribution in [3.8, 4) is 0 Å². The summed E-state index contributed by atoms with van der Waals surface area (Å²) >= 11 is 1.72. The number of hydrogen-bond acceptors (Lipinski definition) is 4. The third-order valence-corrected chi connectivity index (χ3v) is 4.55. The molecule has 106 valence electrons. The van der Waals surface area contributed by atoms with E-state index in [2.05, 4.69) is 12.2 Å². The lowest BCUT2D eigenvalue weighted by molar-refractivity contribution is -0.144. The first-order valence-electron chi connectivity index (χ1n) is 6.72. The molecule has 0 aromatic carbocycles. The fourth-order valence-corrected chi connectivity index (χ4v) is 3.34. The highest BCUT2D eigenvalue weighted by molar-refractivity contribution is 7.99. The van der Waals surface area contributed by atoms with Crippen LogP contribution in [0.1, 0.15) is 32.6 Å². The molecule has 5 heteroatoms. The van der Waals surface area contributed by atoms with E-state index in [4.69, 9.17) is 4.74 Å². The number of rotatable bonds is 11. The van der Waals surface area contributed by atoms with Crippen LogP contribution >= 0.6 is 11.8 Å². The predicted octanol–water partition coefficient (Wildman–Crippen LogP) is 1.99. The number of thioether (sulfide) groups is 1. The number of hydrogen-bond donors (Lipinski definition) is 2. The van der Waals surface area contributed by atoms with Gasteiger partial charge in [0, 0.05) is 19.5 Å². The number of ether oxygens (including phenoxy) is 1. The van der Waals surface area contributed by atoms with Crippen LogP contribution in [-0.2, 0) is 9.53 Å². The Morgan fingerprint density at radius 3 is 2.78 bits per heavy atom. The molecule has 0 aromatic heterocycles. The maximum absolute atomic E-state index is 11.6. The van der Waals surface area contributed by atoms with Gasteiger partial charge in [-0.25, -0.2) is 0 Å². The van der Waals surface area contributed by atoms with Crippen LogP contribution in [0.4, 0.5) is 0 Å². The van der Waals surface area contributed by atoms with Crippen LogP contribution in [0.25, 0.3) is 0 Å². The van der Waals surface area contributed by atoms with E-state index < -0.39 is 11.5 Å². The van der Waals surface area contributed by atoms with E-state index in [1.165, 1.54) is 0 Å². The lowest BCUT2D eigenvalue weighted by Crippen LogP contribution is -2.56. The average molecular weight is 275 g/mol. The van der Waals surface area contributed by atoms with Crippen molar-refractivity contribution in [3.05, 3.63) is 0 Å². The minimum absolute atomic E-state index is 0.316. The Bertz CT molecular complexity index is 259. The van der Waals surface area contributed by atoms with Crippen molar-refractivity contribution in [3.63, 3.8) is 0 Å². The largest absolute Gasteiger partial charge is 0.480 e. The van der Waals surface area contributed by atoms with Crippen LogP contribution in [-0.4, -0.2) is 48.4 Å². The highest BCUT2D eigenvalue weighted by atomic mass is 32.2. The Morgan fingerprint density at radius 2 is 2.28 bits per heavy atom. The minimum atomic E-state index is -0.701. The zero-order valence-electron chi connectivity index (χ0n) is 11.4. The van der Waals surface area contributed by atoms with Gasteiger partial charge in [0.25, 0.3) is 0 Å². The molecule has 18 heavy (non-hydrogen) atoms. The number of carbonyl (C=O) groups is 1. The summed E-state index contributed by atoms with van der Waals surface area (Å²) in [5.41, 5.74) is -0.701. The van der Waals surface area contributed by atoms with E-state index in [9.17, 15) is 9.90 Å². The first-order chi connectivity index (χ1) is 8.67. The Hall–Kier alpha value is -0.260. The van der Waals surface area contributed by atoms with Gasteiger partial charge in [-0.15, -0.1) is 0 Å². The summed E-state index contributed by atoms with van der Waals surface area (Å²) in [6.07, 6.45) is 4.04. The molecular weight excluding hydrogens is 250 g/mol. The van der Waals surface area contributed by atoms with Crippen LogP contribution in [0.5, 0.6) is 0 Å². The topological polar surface area (TPSA) is 58.6 Å². The van der Waals surface area contributed by atoms with E-state index in [0.717, 1.165) is 44.6 Å². The van der Waals surface area contributed by atoms with Crippen molar-refractivity contribution in [1.82, 2.24) is 5.32 Å². The molecule has 4 nitrogen and oxygen atoms in total. The maximum atomic E-state index is 11.6. The first-order valence-corrected chi connectivity index (χ1v) is 7.88. The summed E-state index contributed by atoms with van der Waals surface area (Å²) in [6.45, 7) is 3.60. The van der Waals surface area contributed by atoms with Gasteiger partial charge in [0.1, 0.15) is 5.54 Å². The third-order valence-electron chi connectivity index (χ3n) is 3.31. The summed E-state index contributed by atoms with van der Waals surface area (Å²) in [6, 6.07) is 0. The van der Waals surface area contributed by atoms with E-state index in [0.29, 0.717) is 11.7 Å². The van der Waals surface area contributed by atoms with Crippen molar-refractivity contribution in [2.24, 2.45) is 5.92 Å². The van der Waals surface area contributed by atoms with Gasteiger partial charge in [0.2, 0.25) is 0 Å². The number of carboxylic acid groups (broad SMARTS) is 1. The van der Waals surface area contributed by atoms with E-state index >= 15 is 0 Å². The molecule has 0 bridgehead atoms. The quantitative estimate of drug-likeness (QED) is 0.565. The molecule has 0 radical (unpaired) electrons. The van der Waals surface area contributed by atoms with Gasteiger partial charge in [0.15, 0.2) is 0 Å². The summed E-state index contributed by atoms with van der Waals surface area (Å²) in [7, 11) is 1.69. The molecule has 1 atom stereocenters. The lowest BCUT2D eigenvalue weighted by Gasteiger charge is -2.30. The molecule has 1 fully saturated rings. The molecule has 1 unspecified atom stereocenters. The van der Waals surface area contributed by atoms with Crippen molar-refractivity contribution in [1.29, 1.82) is 0 Å². The number of aliphatic carboxylic acids is 1. The average Bonchev–Trinajstić information content (AvgIpc) is 3.17. The van der Waals surface area contributed by atoms with Crippen molar-refractivity contribution < 1.29 is 14.6 Å². The number of carboxylic acids is 1. The molecule has 0 heterocycles. The van der Waals surface area contributed by atoms with Crippen LogP contribution in [0.3, 0.4) is 0 Å².